The number of furan rings is 1. The number of carbonyl (C=O) groups excluding carboxylic acids is 1. The van der Waals surface area contributed by atoms with Crippen LogP contribution in [0.2, 0.25) is 10.0 Å². The lowest BCUT2D eigenvalue weighted by molar-refractivity contribution is -0.121. The number of benzene rings is 1. The zero-order valence-corrected chi connectivity index (χ0v) is 15.2. The Morgan fingerprint density at radius 3 is 2.74 bits per heavy atom. The summed E-state index contributed by atoms with van der Waals surface area (Å²) in [5.41, 5.74) is 0.747. The zero-order valence-electron chi connectivity index (χ0n) is 12.0. The van der Waals surface area contributed by atoms with E-state index in [-0.39, 0.29) is 5.91 Å². The molecule has 0 N–H and O–H groups in total. The minimum atomic E-state index is -0.0926. The fraction of sp³-hybridized carbons (Fsp3) is 0.125. The molecule has 1 saturated heterocycles. The van der Waals surface area contributed by atoms with Gasteiger partial charge < -0.3 is 4.42 Å². The molecule has 3 rings (SSSR count). The van der Waals surface area contributed by atoms with E-state index >= 15 is 0 Å². The summed E-state index contributed by atoms with van der Waals surface area (Å²) in [6, 6.07) is 8.80. The molecule has 1 amide bonds. The molecule has 2 heterocycles. The minimum absolute atomic E-state index is 0.0926. The lowest BCUT2D eigenvalue weighted by Gasteiger charge is -2.09. The number of halogens is 2. The first kappa shape index (κ1) is 16.6. The van der Waals surface area contributed by atoms with E-state index in [1.807, 2.05) is 13.0 Å². The number of likely N-dealkylation sites (N-methyl/N-ethyl adjacent to an activating group) is 1. The van der Waals surface area contributed by atoms with Crippen LogP contribution >= 0.6 is 47.2 Å². The largest absolute Gasteiger partial charge is 0.457 e. The highest BCUT2D eigenvalue weighted by Gasteiger charge is 2.30. The van der Waals surface area contributed by atoms with Crippen molar-refractivity contribution in [3.63, 3.8) is 0 Å². The molecule has 1 aromatic heterocycles. The second-order valence-electron chi connectivity index (χ2n) is 4.75. The fourth-order valence-electron chi connectivity index (χ4n) is 2.17. The van der Waals surface area contributed by atoms with Gasteiger partial charge in [0.2, 0.25) is 0 Å². The Kier molecular flexibility index (Phi) is 4.82. The molecule has 0 atom stereocenters. The van der Waals surface area contributed by atoms with Crippen molar-refractivity contribution in [2.24, 2.45) is 0 Å². The highest BCUT2D eigenvalue weighted by molar-refractivity contribution is 8.26. The van der Waals surface area contributed by atoms with Crippen molar-refractivity contribution in [1.82, 2.24) is 4.90 Å². The van der Waals surface area contributed by atoms with E-state index in [9.17, 15) is 4.79 Å². The Morgan fingerprint density at radius 2 is 2.09 bits per heavy atom. The molecule has 0 saturated carbocycles. The van der Waals surface area contributed by atoms with E-state index in [4.69, 9.17) is 39.8 Å². The predicted octanol–water partition coefficient (Wildman–Crippen LogP) is 5.47. The van der Waals surface area contributed by atoms with E-state index < -0.39 is 0 Å². The molecule has 7 heteroatoms. The van der Waals surface area contributed by atoms with Gasteiger partial charge in [-0.05, 0) is 37.3 Å². The number of amides is 1. The molecule has 118 valence electrons. The van der Waals surface area contributed by atoms with E-state index in [0.717, 1.165) is 5.56 Å². The summed E-state index contributed by atoms with van der Waals surface area (Å²) in [6.45, 7) is 2.45. The molecule has 0 spiro atoms. The van der Waals surface area contributed by atoms with Crippen molar-refractivity contribution in [3.05, 3.63) is 51.0 Å². The van der Waals surface area contributed by atoms with Gasteiger partial charge in [0.1, 0.15) is 15.8 Å². The summed E-state index contributed by atoms with van der Waals surface area (Å²) >= 11 is 18.5. The maximum absolute atomic E-state index is 12.2. The molecule has 1 aliphatic heterocycles. The third-order valence-electron chi connectivity index (χ3n) is 3.29. The maximum Gasteiger partial charge on any atom is 0.266 e. The molecule has 23 heavy (non-hydrogen) atoms. The third kappa shape index (κ3) is 3.33. The summed E-state index contributed by atoms with van der Waals surface area (Å²) in [5, 5.41) is 1.07. The van der Waals surface area contributed by atoms with Gasteiger partial charge in [-0.15, -0.1) is 0 Å². The second-order valence-corrected chi connectivity index (χ2v) is 7.27. The molecule has 0 unspecified atom stereocenters. The topological polar surface area (TPSA) is 33.5 Å². The first-order valence-corrected chi connectivity index (χ1v) is 8.78. The molecule has 1 aromatic carbocycles. The van der Waals surface area contributed by atoms with Crippen molar-refractivity contribution in [1.29, 1.82) is 0 Å². The van der Waals surface area contributed by atoms with Crippen molar-refractivity contribution in [3.8, 4) is 11.3 Å². The van der Waals surface area contributed by atoms with Gasteiger partial charge in [-0.2, -0.15) is 0 Å². The van der Waals surface area contributed by atoms with Gasteiger partial charge in [0.05, 0.1) is 9.93 Å². The standard InChI is InChI=1S/C16H11Cl2NO2S2/c1-2-19-15(20)14(23-16(19)22)8-10-4-6-13(21-10)11-5-3-9(17)7-12(11)18/h3-8H,2H2,1H3. The van der Waals surface area contributed by atoms with Crippen LogP contribution in [0.15, 0.2) is 39.7 Å². The lowest BCUT2D eigenvalue weighted by Crippen LogP contribution is -2.27. The van der Waals surface area contributed by atoms with E-state index in [0.29, 0.717) is 37.3 Å². The fourth-order valence-corrected chi connectivity index (χ4v) is 4.03. The summed E-state index contributed by atoms with van der Waals surface area (Å²) in [7, 11) is 0. The van der Waals surface area contributed by atoms with Crippen LogP contribution in [0.5, 0.6) is 0 Å². The third-order valence-corrected chi connectivity index (χ3v) is 5.21. The van der Waals surface area contributed by atoms with Gasteiger partial charge in [0.15, 0.2) is 0 Å². The SMILES string of the molecule is CCN1C(=O)C(=Cc2ccc(-c3ccc(Cl)cc3Cl)o2)SC1=S. The van der Waals surface area contributed by atoms with Gasteiger partial charge in [0, 0.05) is 23.2 Å². The summed E-state index contributed by atoms with van der Waals surface area (Å²) in [6.07, 6.45) is 1.70. The molecule has 3 nitrogen and oxygen atoms in total. The van der Waals surface area contributed by atoms with Gasteiger partial charge in [-0.1, -0.05) is 47.2 Å². The molecule has 1 aliphatic rings. The average molecular weight is 384 g/mol. The molecular formula is C16H11Cl2NO2S2. The van der Waals surface area contributed by atoms with Crippen molar-refractivity contribution in [2.45, 2.75) is 6.92 Å². The normalized spacial score (nSPS) is 16.7. The maximum atomic E-state index is 12.2. The molecular weight excluding hydrogens is 373 g/mol. The molecule has 2 aromatic rings. The van der Waals surface area contributed by atoms with Crippen LogP contribution in [0.4, 0.5) is 0 Å². The number of carbonyl (C=O) groups is 1. The van der Waals surface area contributed by atoms with Crippen LogP contribution in [-0.4, -0.2) is 21.7 Å². The first-order chi connectivity index (χ1) is 11.0. The zero-order chi connectivity index (χ0) is 16.6. The van der Waals surface area contributed by atoms with Gasteiger partial charge in [0.25, 0.3) is 5.91 Å². The first-order valence-electron chi connectivity index (χ1n) is 6.80. The Hall–Kier alpha value is -1.27. The number of nitrogens with zero attached hydrogens (tertiary/aromatic N) is 1. The lowest BCUT2D eigenvalue weighted by atomic mass is 10.2. The highest BCUT2D eigenvalue weighted by atomic mass is 35.5. The van der Waals surface area contributed by atoms with Crippen LogP contribution < -0.4 is 0 Å². The quantitative estimate of drug-likeness (QED) is 0.519. The number of thiocarbonyl (C=S) groups is 1. The minimum Gasteiger partial charge on any atom is -0.457 e. The molecule has 0 bridgehead atoms. The Morgan fingerprint density at radius 1 is 1.30 bits per heavy atom. The van der Waals surface area contributed by atoms with Crippen LogP contribution in [0.25, 0.3) is 17.4 Å². The van der Waals surface area contributed by atoms with Gasteiger partial charge in [-0.3, -0.25) is 9.69 Å². The van der Waals surface area contributed by atoms with Gasteiger partial charge in [-0.25, -0.2) is 0 Å². The summed E-state index contributed by atoms with van der Waals surface area (Å²) < 4.78 is 6.34. The number of hydrogen-bond donors (Lipinski definition) is 0. The van der Waals surface area contributed by atoms with Gasteiger partial charge >= 0.3 is 0 Å². The highest BCUT2D eigenvalue weighted by Crippen LogP contribution is 2.35. The Bertz CT molecular complexity index is 829. The Balaban J connectivity index is 1.90. The Labute approximate surface area is 153 Å². The average Bonchev–Trinajstić information content (AvgIpc) is 3.05. The van der Waals surface area contributed by atoms with Crippen LogP contribution in [0, 0.1) is 0 Å². The van der Waals surface area contributed by atoms with Crippen molar-refractivity contribution < 1.29 is 9.21 Å². The van der Waals surface area contributed by atoms with Crippen LogP contribution in [0.1, 0.15) is 12.7 Å². The predicted molar refractivity (Wildman–Crippen MR) is 99.7 cm³/mol. The van der Waals surface area contributed by atoms with E-state index in [2.05, 4.69) is 0 Å². The van der Waals surface area contributed by atoms with E-state index in [1.165, 1.54) is 11.8 Å². The number of rotatable bonds is 3. The van der Waals surface area contributed by atoms with Crippen LogP contribution in [-0.2, 0) is 4.79 Å². The summed E-state index contributed by atoms with van der Waals surface area (Å²) in [5.74, 6) is 1.09. The number of hydrogen-bond acceptors (Lipinski definition) is 4. The second kappa shape index (κ2) is 6.69. The van der Waals surface area contributed by atoms with E-state index in [1.54, 1.807) is 35.2 Å². The van der Waals surface area contributed by atoms with Crippen molar-refractivity contribution >= 4 is 63.5 Å². The summed E-state index contributed by atoms with van der Waals surface area (Å²) in [4.78, 5) is 14.3. The molecule has 0 aliphatic carbocycles. The molecule has 1 fully saturated rings. The number of thioether (sulfide) groups is 1. The monoisotopic (exact) mass is 383 g/mol. The molecule has 0 radical (unpaired) electrons. The van der Waals surface area contributed by atoms with Crippen LogP contribution in [0.3, 0.4) is 0 Å². The van der Waals surface area contributed by atoms with Crippen molar-refractivity contribution in [2.75, 3.05) is 6.54 Å². The smallest absolute Gasteiger partial charge is 0.266 e.